The summed E-state index contributed by atoms with van der Waals surface area (Å²) < 4.78 is 14.1. The molecule has 0 aliphatic carbocycles. The van der Waals surface area contributed by atoms with Crippen LogP contribution in [0.2, 0.25) is 0 Å². The highest BCUT2D eigenvalue weighted by Crippen LogP contribution is 2.22. The van der Waals surface area contributed by atoms with E-state index in [0.29, 0.717) is 0 Å². The molecule has 2 unspecified atom stereocenters. The van der Waals surface area contributed by atoms with Crippen molar-refractivity contribution in [2.24, 2.45) is 5.92 Å². The van der Waals surface area contributed by atoms with Gasteiger partial charge in [-0.25, -0.2) is 4.39 Å². The van der Waals surface area contributed by atoms with Crippen LogP contribution >= 0.6 is 0 Å². The van der Waals surface area contributed by atoms with Crippen LogP contribution in [0.5, 0.6) is 0 Å². The molecular formula is C18H29FN2. The summed E-state index contributed by atoms with van der Waals surface area (Å²) in [7, 11) is 0. The second-order valence-corrected chi connectivity index (χ2v) is 6.36. The molecule has 1 N–H and O–H groups in total. The second kappa shape index (κ2) is 8.50. The van der Waals surface area contributed by atoms with Gasteiger partial charge in [0.1, 0.15) is 5.82 Å². The van der Waals surface area contributed by atoms with Crippen LogP contribution < -0.4 is 5.32 Å². The number of likely N-dealkylation sites (tertiary alicyclic amines) is 1. The van der Waals surface area contributed by atoms with Crippen molar-refractivity contribution in [3.63, 3.8) is 0 Å². The molecule has 0 bridgehead atoms. The number of nitrogens with zero attached hydrogens (tertiary/aromatic N) is 1. The van der Waals surface area contributed by atoms with Gasteiger partial charge in [0.05, 0.1) is 0 Å². The molecule has 1 aliphatic heterocycles. The summed E-state index contributed by atoms with van der Waals surface area (Å²) in [5.74, 6) is 0.736. The minimum atomic E-state index is -0.0886. The molecule has 0 radical (unpaired) electrons. The zero-order valence-corrected chi connectivity index (χ0v) is 13.4. The van der Waals surface area contributed by atoms with Gasteiger partial charge in [-0.05, 0) is 57.3 Å². The first-order valence-corrected chi connectivity index (χ1v) is 8.41. The Labute approximate surface area is 128 Å². The molecule has 118 valence electrons. The molecule has 2 nitrogen and oxygen atoms in total. The fourth-order valence-electron chi connectivity index (χ4n) is 3.11. The van der Waals surface area contributed by atoms with Gasteiger partial charge in [0.15, 0.2) is 0 Å². The normalized spacial score (nSPS) is 22.0. The Morgan fingerprint density at radius 3 is 2.86 bits per heavy atom. The van der Waals surface area contributed by atoms with E-state index in [1.165, 1.54) is 19.3 Å². The molecule has 1 aliphatic rings. The Bertz CT molecular complexity index is 421. The molecule has 1 aromatic rings. The van der Waals surface area contributed by atoms with Crippen molar-refractivity contribution in [2.45, 2.75) is 45.6 Å². The third kappa shape index (κ3) is 5.08. The minimum Gasteiger partial charge on any atom is -0.309 e. The minimum absolute atomic E-state index is 0.0886. The topological polar surface area (TPSA) is 15.3 Å². The van der Waals surface area contributed by atoms with E-state index in [1.54, 1.807) is 12.1 Å². The largest absolute Gasteiger partial charge is 0.309 e. The zero-order valence-electron chi connectivity index (χ0n) is 13.4. The Morgan fingerprint density at radius 1 is 1.29 bits per heavy atom. The van der Waals surface area contributed by atoms with Crippen LogP contribution in [0.3, 0.4) is 0 Å². The predicted octanol–water partition coefficient (Wildman–Crippen LogP) is 3.99. The number of nitrogens with one attached hydrogen (secondary N) is 1. The first-order chi connectivity index (χ1) is 10.2. The molecule has 0 aromatic heterocycles. The van der Waals surface area contributed by atoms with E-state index in [1.807, 2.05) is 12.1 Å². The number of rotatable bonds is 6. The molecule has 1 fully saturated rings. The molecule has 1 saturated heterocycles. The van der Waals surface area contributed by atoms with Crippen molar-refractivity contribution >= 4 is 0 Å². The lowest BCUT2D eigenvalue weighted by molar-refractivity contribution is 0.246. The summed E-state index contributed by atoms with van der Waals surface area (Å²) in [5, 5.41) is 3.52. The quantitative estimate of drug-likeness (QED) is 0.853. The third-order valence-corrected chi connectivity index (χ3v) is 4.47. The molecule has 2 atom stereocenters. The van der Waals surface area contributed by atoms with Crippen LogP contribution in [-0.2, 0) is 0 Å². The van der Waals surface area contributed by atoms with Crippen molar-refractivity contribution < 1.29 is 4.39 Å². The molecule has 21 heavy (non-hydrogen) atoms. The highest BCUT2D eigenvalue weighted by Gasteiger charge is 2.20. The molecule has 1 heterocycles. The van der Waals surface area contributed by atoms with E-state index in [0.717, 1.165) is 44.1 Å². The highest BCUT2D eigenvalue weighted by molar-refractivity contribution is 5.21. The lowest BCUT2D eigenvalue weighted by Gasteiger charge is -2.27. The summed E-state index contributed by atoms with van der Waals surface area (Å²) >= 11 is 0. The van der Waals surface area contributed by atoms with Gasteiger partial charge in [-0.3, -0.25) is 0 Å². The Hall–Kier alpha value is -0.930. The molecule has 2 rings (SSSR count). The fourth-order valence-corrected chi connectivity index (χ4v) is 3.11. The van der Waals surface area contributed by atoms with Crippen molar-refractivity contribution in [2.75, 3.05) is 26.2 Å². The predicted molar refractivity (Wildman–Crippen MR) is 86.9 cm³/mol. The average molecular weight is 292 g/mol. The van der Waals surface area contributed by atoms with Crippen LogP contribution in [0.15, 0.2) is 24.3 Å². The first kappa shape index (κ1) is 16.4. The molecule has 0 spiro atoms. The van der Waals surface area contributed by atoms with Crippen LogP contribution in [-0.4, -0.2) is 31.1 Å². The maximum atomic E-state index is 14.1. The van der Waals surface area contributed by atoms with Gasteiger partial charge in [0.2, 0.25) is 0 Å². The Balaban J connectivity index is 2.04. The van der Waals surface area contributed by atoms with Gasteiger partial charge < -0.3 is 10.2 Å². The van der Waals surface area contributed by atoms with Gasteiger partial charge in [0, 0.05) is 18.2 Å². The van der Waals surface area contributed by atoms with Crippen molar-refractivity contribution in [1.82, 2.24) is 10.2 Å². The van der Waals surface area contributed by atoms with E-state index in [9.17, 15) is 4.39 Å². The van der Waals surface area contributed by atoms with Gasteiger partial charge >= 0.3 is 0 Å². The smallest absolute Gasteiger partial charge is 0.128 e. The van der Waals surface area contributed by atoms with Gasteiger partial charge in [-0.1, -0.05) is 32.0 Å². The third-order valence-electron chi connectivity index (χ3n) is 4.47. The molecule has 0 amide bonds. The highest BCUT2D eigenvalue weighted by atomic mass is 19.1. The van der Waals surface area contributed by atoms with Crippen LogP contribution in [0.1, 0.15) is 51.1 Å². The first-order valence-electron chi connectivity index (χ1n) is 8.41. The Kier molecular flexibility index (Phi) is 6.65. The lowest BCUT2D eigenvalue weighted by Crippen LogP contribution is -2.36. The summed E-state index contributed by atoms with van der Waals surface area (Å²) in [4.78, 5) is 2.50. The van der Waals surface area contributed by atoms with E-state index in [-0.39, 0.29) is 11.9 Å². The van der Waals surface area contributed by atoms with E-state index < -0.39 is 0 Å². The van der Waals surface area contributed by atoms with Gasteiger partial charge in [0.25, 0.3) is 0 Å². The van der Waals surface area contributed by atoms with E-state index >= 15 is 0 Å². The SMILES string of the molecule is CCCNC(CN1CCCC(C)CC1)c1ccccc1F. The molecule has 1 aromatic carbocycles. The average Bonchev–Trinajstić information content (AvgIpc) is 2.69. The fraction of sp³-hybridized carbons (Fsp3) is 0.667. The zero-order chi connectivity index (χ0) is 15.1. The molecular weight excluding hydrogens is 263 g/mol. The Morgan fingerprint density at radius 2 is 2.10 bits per heavy atom. The van der Waals surface area contributed by atoms with Gasteiger partial charge in [-0.15, -0.1) is 0 Å². The maximum absolute atomic E-state index is 14.1. The van der Waals surface area contributed by atoms with Crippen LogP contribution in [0.4, 0.5) is 4.39 Å². The van der Waals surface area contributed by atoms with Crippen molar-refractivity contribution in [1.29, 1.82) is 0 Å². The van der Waals surface area contributed by atoms with Gasteiger partial charge in [-0.2, -0.15) is 0 Å². The lowest BCUT2D eigenvalue weighted by atomic mass is 10.0. The van der Waals surface area contributed by atoms with Crippen molar-refractivity contribution in [3.05, 3.63) is 35.6 Å². The maximum Gasteiger partial charge on any atom is 0.128 e. The second-order valence-electron chi connectivity index (χ2n) is 6.36. The van der Waals surface area contributed by atoms with E-state index in [2.05, 4.69) is 24.1 Å². The number of hydrogen-bond donors (Lipinski definition) is 1. The number of halogens is 1. The monoisotopic (exact) mass is 292 g/mol. The summed E-state index contributed by atoms with van der Waals surface area (Å²) in [6.07, 6.45) is 4.92. The van der Waals surface area contributed by atoms with E-state index in [4.69, 9.17) is 0 Å². The summed E-state index contributed by atoms with van der Waals surface area (Å²) in [6.45, 7) is 8.62. The van der Waals surface area contributed by atoms with Crippen molar-refractivity contribution in [3.8, 4) is 0 Å². The molecule has 3 heteroatoms. The summed E-state index contributed by atoms with van der Waals surface area (Å²) in [6, 6.07) is 7.29. The van der Waals surface area contributed by atoms with Crippen LogP contribution in [0, 0.1) is 11.7 Å². The molecule has 0 saturated carbocycles. The standard InChI is InChI=1S/C18H29FN2/c1-3-11-20-18(16-8-4-5-9-17(16)19)14-21-12-6-7-15(2)10-13-21/h4-5,8-9,15,18,20H,3,6-7,10-14H2,1-2H3. The number of benzene rings is 1. The van der Waals surface area contributed by atoms with Crippen LogP contribution in [0.25, 0.3) is 0 Å². The summed E-state index contributed by atoms with van der Waals surface area (Å²) in [5.41, 5.74) is 0.809. The number of hydrogen-bond acceptors (Lipinski definition) is 2.